The van der Waals surface area contributed by atoms with E-state index < -0.39 is 23.8 Å². The molecule has 7 nitrogen and oxygen atoms in total. The van der Waals surface area contributed by atoms with Gasteiger partial charge in [0.1, 0.15) is 11.7 Å². The van der Waals surface area contributed by atoms with E-state index in [1.54, 1.807) is 42.5 Å². The Balaban J connectivity index is 1.66. The molecule has 0 saturated heterocycles. The van der Waals surface area contributed by atoms with E-state index in [-0.39, 0.29) is 11.6 Å². The van der Waals surface area contributed by atoms with Gasteiger partial charge in [-0.25, -0.2) is 4.98 Å². The summed E-state index contributed by atoms with van der Waals surface area (Å²) in [4.78, 5) is 42.0. The fourth-order valence-corrected chi connectivity index (χ4v) is 3.11. The van der Waals surface area contributed by atoms with Gasteiger partial charge in [0.15, 0.2) is 0 Å². The quantitative estimate of drug-likeness (QED) is 0.513. The number of amides is 3. The predicted molar refractivity (Wildman–Crippen MR) is 120 cm³/mol. The van der Waals surface area contributed by atoms with E-state index in [1.807, 2.05) is 32.0 Å². The number of rotatable bonds is 6. The Morgan fingerprint density at radius 2 is 1.65 bits per heavy atom. The third-order valence-corrected chi connectivity index (χ3v) is 5.27. The van der Waals surface area contributed by atoms with Crippen LogP contribution in [0.2, 0.25) is 5.02 Å². The maximum atomic E-state index is 12.7. The number of fused-ring (bicyclic) bond motifs is 1. The van der Waals surface area contributed by atoms with Crippen LogP contribution < -0.4 is 16.2 Å². The molecule has 0 bridgehead atoms. The van der Waals surface area contributed by atoms with Gasteiger partial charge in [0.25, 0.3) is 17.7 Å². The summed E-state index contributed by atoms with van der Waals surface area (Å²) in [6, 6.07) is 16.3. The summed E-state index contributed by atoms with van der Waals surface area (Å²) in [6.45, 7) is 3.76. The molecule has 160 valence electrons. The third kappa shape index (κ3) is 5.58. The van der Waals surface area contributed by atoms with Gasteiger partial charge in [0, 0.05) is 16.0 Å². The topological polar surface area (TPSA) is 100 Å². The fraction of sp³-hybridized carbons (Fsp3) is 0.217. The van der Waals surface area contributed by atoms with Crippen LogP contribution in [0.1, 0.15) is 41.1 Å². The van der Waals surface area contributed by atoms with Gasteiger partial charge in [-0.05, 0) is 42.3 Å². The molecule has 0 radical (unpaired) electrons. The molecule has 31 heavy (non-hydrogen) atoms. The van der Waals surface area contributed by atoms with Gasteiger partial charge >= 0.3 is 0 Å². The highest BCUT2D eigenvalue weighted by atomic mass is 35.5. The van der Waals surface area contributed by atoms with Gasteiger partial charge in [-0.2, -0.15) is 0 Å². The van der Waals surface area contributed by atoms with Crippen molar-refractivity contribution in [3.63, 3.8) is 0 Å². The lowest BCUT2D eigenvalue weighted by molar-refractivity contribution is -0.124. The first kappa shape index (κ1) is 22.2. The van der Waals surface area contributed by atoms with E-state index in [1.165, 1.54) is 0 Å². The van der Waals surface area contributed by atoms with Gasteiger partial charge < -0.3 is 5.32 Å². The van der Waals surface area contributed by atoms with E-state index >= 15 is 0 Å². The van der Waals surface area contributed by atoms with Crippen LogP contribution in [0.15, 0.2) is 60.7 Å². The molecule has 2 atom stereocenters. The maximum absolute atomic E-state index is 12.7. The molecule has 0 aliphatic rings. The van der Waals surface area contributed by atoms with Gasteiger partial charge in [-0.3, -0.25) is 25.2 Å². The average Bonchev–Trinajstić information content (AvgIpc) is 2.80. The maximum Gasteiger partial charge on any atom is 0.288 e. The number of carbonyl (C=O) groups excluding carboxylic acids is 3. The highest BCUT2D eigenvalue weighted by molar-refractivity contribution is 6.30. The Hall–Kier alpha value is -3.45. The van der Waals surface area contributed by atoms with Crippen molar-refractivity contribution in [2.75, 3.05) is 0 Å². The van der Waals surface area contributed by atoms with Crippen molar-refractivity contribution in [2.24, 2.45) is 5.92 Å². The first-order chi connectivity index (χ1) is 14.9. The molecule has 3 N–H and O–H groups in total. The van der Waals surface area contributed by atoms with Crippen LogP contribution in [-0.2, 0) is 4.79 Å². The first-order valence-corrected chi connectivity index (χ1v) is 10.3. The van der Waals surface area contributed by atoms with Crippen LogP contribution in [0.3, 0.4) is 0 Å². The Morgan fingerprint density at radius 1 is 0.935 bits per heavy atom. The Morgan fingerprint density at radius 3 is 2.35 bits per heavy atom. The molecule has 0 aliphatic carbocycles. The highest BCUT2D eigenvalue weighted by Crippen LogP contribution is 2.13. The molecule has 8 heteroatoms. The number of nitrogens with zero attached hydrogens (tertiary/aromatic N) is 1. The SMILES string of the molecule is CCC(C)C(NC(=O)c1ccc(Cl)cc1)C(=O)NNC(=O)c1ccc2ccccc2n1. The zero-order valence-electron chi connectivity index (χ0n) is 17.2. The Kier molecular flexibility index (Phi) is 7.20. The zero-order valence-corrected chi connectivity index (χ0v) is 17.9. The second-order valence-electron chi connectivity index (χ2n) is 7.18. The van der Waals surface area contributed by atoms with Crippen molar-refractivity contribution in [1.82, 2.24) is 21.2 Å². The van der Waals surface area contributed by atoms with Gasteiger partial charge in [-0.1, -0.05) is 56.1 Å². The molecule has 2 aromatic carbocycles. The summed E-state index contributed by atoms with van der Waals surface area (Å²) < 4.78 is 0. The lowest BCUT2D eigenvalue weighted by Crippen LogP contribution is -2.54. The molecule has 2 unspecified atom stereocenters. The van der Waals surface area contributed by atoms with E-state index in [2.05, 4.69) is 21.2 Å². The Labute approximate surface area is 185 Å². The number of hydrogen-bond acceptors (Lipinski definition) is 4. The van der Waals surface area contributed by atoms with E-state index in [0.717, 1.165) is 5.39 Å². The number of para-hydroxylation sites is 1. The second kappa shape index (κ2) is 10.0. The predicted octanol–water partition coefficient (Wildman–Crippen LogP) is 3.49. The summed E-state index contributed by atoms with van der Waals surface area (Å²) in [5, 5.41) is 4.15. The molecule has 3 aromatic rings. The largest absolute Gasteiger partial charge is 0.340 e. The summed E-state index contributed by atoms with van der Waals surface area (Å²) in [5.41, 5.74) is 6.00. The van der Waals surface area contributed by atoms with Crippen LogP contribution in [-0.4, -0.2) is 28.7 Å². The molecular weight excluding hydrogens is 416 g/mol. The molecule has 1 aromatic heterocycles. The zero-order chi connectivity index (χ0) is 22.4. The molecule has 3 rings (SSSR count). The average molecular weight is 439 g/mol. The minimum Gasteiger partial charge on any atom is -0.340 e. The van der Waals surface area contributed by atoms with Crippen molar-refractivity contribution in [3.05, 3.63) is 76.9 Å². The number of hydrogen-bond donors (Lipinski definition) is 3. The van der Waals surface area contributed by atoms with Crippen molar-refractivity contribution in [3.8, 4) is 0 Å². The molecule has 0 spiro atoms. The van der Waals surface area contributed by atoms with Crippen molar-refractivity contribution in [2.45, 2.75) is 26.3 Å². The number of hydrazine groups is 1. The monoisotopic (exact) mass is 438 g/mol. The second-order valence-corrected chi connectivity index (χ2v) is 7.61. The smallest absolute Gasteiger partial charge is 0.288 e. The van der Waals surface area contributed by atoms with E-state index in [9.17, 15) is 14.4 Å². The fourth-order valence-electron chi connectivity index (χ4n) is 2.98. The van der Waals surface area contributed by atoms with Crippen molar-refractivity contribution < 1.29 is 14.4 Å². The first-order valence-electron chi connectivity index (χ1n) is 9.91. The molecule has 0 aliphatic heterocycles. The molecular formula is C23H23ClN4O3. The standard InChI is InChI=1S/C23H23ClN4O3/c1-3-14(2)20(26-21(29)16-8-11-17(24)12-9-16)23(31)28-27-22(30)19-13-10-15-6-4-5-7-18(15)25-19/h4-14,20H,3H2,1-2H3,(H,26,29)(H,27,30)(H,28,31). The van der Waals surface area contributed by atoms with Gasteiger partial charge in [0.2, 0.25) is 0 Å². The van der Waals surface area contributed by atoms with Crippen LogP contribution in [0.4, 0.5) is 0 Å². The normalized spacial score (nSPS) is 12.6. The number of carbonyl (C=O) groups is 3. The minimum atomic E-state index is -0.835. The van der Waals surface area contributed by atoms with Crippen LogP contribution in [0.25, 0.3) is 10.9 Å². The number of halogens is 1. The van der Waals surface area contributed by atoms with Gasteiger partial charge in [0.05, 0.1) is 5.52 Å². The number of pyridine rings is 1. The summed E-state index contributed by atoms with van der Waals surface area (Å²) in [6.07, 6.45) is 0.652. The summed E-state index contributed by atoms with van der Waals surface area (Å²) in [5.74, 6) is -1.64. The number of nitrogens with one attached hydrogen (secondary N) is 3. The van der Waals surface area contributed by atoms with Crippen LogP contribution in [0, 0.1) is 5.92 Å². The summed E-state index contributed by atoms with van der Waals surface area (Å²) >= 11 is 5.86. The molecule has 0 fully saturated rings. The molecule has 3 amide bonds. The van der Waals surface area contributed by atoms with Crippen LogP contribution >= 0.6 is 11.6 Å². The van der Waals surface area contributed by atoms with E-state index in [4.69, 9.17) is 11.6 Å². The van der Waals surface area contributed by atoms with Gasteiger partial charge in [-0.15, -0.1) is 0 Å². The van der Waals surface area contributed by atoms with E-state index in [0.29, 0.717) is 22.5 Å². The van der Waals surface area contributed by atoms with Crippen molar-refractivity contribution >= 4 is 40.2 Å². The minimum absolute atomic E-state index is 0.160. The summed E-state index contributed by atoms with van der Waals surface area (Å²) in [7, 11) is 0. The lowest BCUT2D eigenvalue weighted by atomic mass is 9.98. The molecule has 0 saturated carbocycles. The molecule has 1 heterocycles. The van der Waals surface area contributed by atoms with Crippen LogP contribution in [0.5, 0.6) is 0 Å². The third-order valence-electron chi connectivity index (χ3n) is 5.02. The number of benzene rings is 2. The Bertz CT molecular complexity index is 1100. The van der Waals surface area contributed by atoms with Crippen molar-refractivity contribution in [1.29, 1.82) is 0 Å². The number of aromatic nitrogens is 1. The lowest BCUT2D eigenvalue weighted by Gasteiger charge is -2.23. The highest BCUT2D eigenvalue weighted by Gasteiger charge is 2.27.